The lowest BCUT2D eigenvalue weighted by Crippen LogP contribution is -2.62. The van der Waals surface area contributed by atoms with E-state index in [1.54, 1.807) is 17.0 Å². The smallest absolute Gasteiger partial charge is 0.231 e. The molecule has 2 N–H and O–H groups in total. The molecule has 4 rings (SSSR count). The number of nitrogens with zero attached hydrogens (tertiary/aromatic N) is 2. The number of H-pyrrole nitrogens is 1. The second-order valence-electron chi connectivity index (χ2n) is 7.65. The second kappa shape index (κ2) is 6.83. The average molecular weight is 356 g/mol. The van der Waals surface area contributed by atoms with Gasteiger partial charge >= 0.3 is 0 Å². The number of hydrogen-bond acceptors (Lipinski definition) is 3. The predicted molar refractivity (Wildman–Crippen MR) is 97.1 cm³/mol. The molecule has 1 saturated heterocycles. The van der Waals surface area contributed by atoms with Gasteiger partial charge in [-0.25, -0.2) is 4.39 Å². The Labute approximate surface area is 153 Å². The average Bonchev–Trinajstić information content (AvgIpc) is 3.02. The molecule has 2 aromatic rings. The number of halogens is 1. The highest BCUT2D eigenvalue weighted by molar-refractivity contribution is 5.84. The Kier molecular flexibility index (Phi) is 4.53. The van der Waals surface area contributed by atoms with E-state index in [4.69, 9.17) is 0 Å². The molecule has 6 heteroatoms. The van der Waals surface area contributed by atoms with Crippen LogP contribution in [0.3, 0.4) is 0 Å². The third-order valence-corrected chi connectivity index (χ3v) is 5.74. The molecule has 138 valence electrons. The van der Waals surface area contributed by atoms with Crippen LogP contribution in [0.4, 0.5) is 4.39 Å². The lowest BCUT2D eigenvalue weighted by Gasteiger charge is -2.43. The van der Waals surface area contributed by atoms with E-state index < -0.39 is 5.41 Å². The van der Waals surface area contributed by atoms with Crippen molar-refractivity contribution < 1.29 is 9.18 Å². The summed E-state index contributed by atoms with van der Waals surface area (Å²) in [5.41, 5.74) is 3.52. The van der Waals surface area contributed by atoms with Crippen LogP contribution in [0, 0.1) is 11.2 Å². The van der Waals surface area contributed by atoms with Crippen molar-refractivity contribution in [3.63, 3.8) is 0 Å². The Morgan fingerprint density at radius 3 is 2.77 bits per heavy atom. The van der Waals surface area contributed by atoms with Crippen molar-refractivity contribution in [3.8, 4) is 0 Å². The van der Waals surface area contributed by atoms with Gasteiger partial charge in [-0.1, -0.05) is 18.2 Å². The highest BCUT2D eigenvalue weighted by Crippen LogP contribution is 2.32. The van der Waals surface area contributed by atoms with Gasteiger partial charge in [0.05, 0.1) is 17.7 Å². The highest BCUT2D eigenvalue weighted by atomic mass is 19.1. The van der Waals surface area contributed by atoms with Crippen molar-refractivity contribution in [2.75, 3.05) is 20.1 Å². The van der Waals surface area contributed by atoms with Crippen LogP contribution in [0.5, 0.6) is 0 Å². The summed E-state index contributed by atoms with van der Waals surface area (Å²) < 4.78 is 14.1. The molecule has 26 heavy (non-hydrogen) atoms. The molecule has 5 nitrogen and oxygen atoms in total. The fraction of sp³-hybridized carbons (Fsp3) is 0.500. The van der Waals surface area contributed by atoms with Crippen LogP contribution in [-0.2, 0) is 30.6 Å². The molecule has 1 aromatic heterocycles. The maximum Gasteiger partial charge on any atom is 0.231 e. The Morgan fingerprint density at radius 1 is 1.27 bits per heavy atom. The summed E-state index contributed by atoms with van der Waals surface area (Å²) in [5, 5.41) is 10.8. The molecule has 0 radical (unpaired) electrons. The predicted octanol–water partition coefficient (Wildman–Crippen LogP) is 2.22. The Hall–Kier alpha value is -2.21. The summed E-state index contributed by atoms with van der Waals surface area (Å²) >= 11 is 0. The maximum absolute atomic E-state index is 14.1. The van der Waals surface area contributed by atoms with Crippen molar-refractivity contribution in [2.24, 2.45) is 5.41 Å². The standard InChI is InChI=1S/C20H25FN4O/c1-25(11-18-15-7-3-5-9-17(15)23-24-18)19(26)20(12-22-13-20)10-14-6-2-4-8-16(14)21/h2,4,6,8,22H,3,5,7,9-13H2,1H3,(H,23,24). The minimum atomic E-state index is -0.562. The van der Waals surface area contributed by atoms with E-state index in [2.05, 4.69) is 15.5 Å². The summed E-state index contributed by atoms with van der Waals surface area (Å²) in [6.45, 7) is 1.68. The first-order valence-corrected chi connectivity index (χ1v) is 9.34. The zero-order chi connectivity index (χ0) is 18.1. The van der Waals surface area contributed by atoms with Crippen molar-refractivity contribution in [3.05, 3.63) is 52.6 Å². The number of aromatic nitrogens is 2. The number of rotatable bonds is 5. The molecule has 1 aliphatic heterocycles. The first-order chi connectivity index (χ1) is 12.6. The summed E-state index contributed by atoms with van der Waals surface area (Å²) in [7, 11) is 1.83. The van der Waals surface area contributed by atoms with Crippen molar-refractivity contribution in [1.29, 1.82) is 0 Å². The lowest BCUT2D eigenvalue weighted by molar-refractivity contribution is -0.144. The first-order valence-electron chi connectivity index (χ1n) is 9.34. The largest absolute Gasteiger partial charge is 0.339 e. The maximum atomic E-state index is 14.1. The number of hydrogen-bond donors (Lipinski definition) is 2. The summed E-state index contributed by atoms with van der Waals surface area (Å²) in [5.74, 6) is -0.178. The van der Waals surface area contributed by atoms with E-state index in [-0.39, 0.29) is 11.7 Å². The molecule has 0 saturated carbocycles. The van der Waals surface area contributed by atoms with Gasteiger partial charge in [0.2, 0.25) is 5.91 Å². The van der Waals surface area contributed by atoms with Crippen LogP contribution in [-0.4, -0.2) is 41.1 Å². The van der Waals surface area contributed by atoms with Crippen molar-refractivity contribution >= 4 is 5.91 Å². The van der Waals surface area contributed by atoms with Crippen LogP contribution in [0.15, 0.2) is 24.3 Å². The molecule has 1 amide bonds. The molecule has 0 atom stereocenters. The summed E-state index contributed by atoms with van der Waals surface area (Å²) in [6.07, 6.45) is 4.87. The van der Waals surface area contributed by atoms with Gasteiger partial charge in [0.15, 0.2) is 0 Å². The quantitative estimate of drug-likeness (QED) is 0.864. The number of carbonyl (C=O) groups excluding carboxylic acids is 1. The van der Waals surface area contributed by atoms with E-state index in [9.17, 15) is 9.18 Å². The van der Waals surface area contributed by atoms with Gasteiger partial charge in [-0.05, 0) is 49.3 Å². The van der Waals surface area contributed by atoms with E-state index in [1.807, 2.05) is 13.1 Å². The summed E-state index contributed by atoms with van der Waals surface area (Å²) in [6, 6.07) is 6.73. The highest BCUT2D eigenvalue weighted by Gasteiger charge is 2.46. The lowest BCUT2D eigenvalue weighted by atomic mass is 9.75. The fourth-order valence-electron chi connectivity index (χ4n) is 4.17. The monoisotopic (exact) mass is 356 g/mol. The van der Waals surface area contributed by atoms with E-state index in [1.165, 1.54) is 30.2 Å². The number of aryl methyl sites for hydroxylation is 1. The molecule has 0 spiro atoms. The fourth-order valence-corrected chi connectivity index (χ4v) is 4.17. The minimum Gasteiger partial charge on any atom is -0.339 e. The zero-order valence-corrected chi connectivity index (χ0v) is 15.1. The molecule has 1 aromatic carbocycles. The van der Waals surface area contributed by atoms with E-state index in [0.29, 0.717) is 31.6 Å². The third-order valence-electron chi connectivity index (χ3n) is 5.74. The Balaban J connectivity index is 1.50. The Bertz CT molecular complexity index is 812. The molecular formula is C20H25FN4O. The molecule has 1 aliphatic carbocycles. The first kappa shape index (κ1) is 17.2. The van der Waals surface area contributed by atoms with Gasteiger partial charge in [0.25, 0.3) is 0 Å². The molecule has 0 bridgehead atoms. The number of benzene rings is 1. The molecular weight excluding hydrogens is 331 g/mol. The third kappa shape index (κ3) is 3.03. The van der Waals surface area contributed by atoms with Crippen LogP contribution >= 0.6 is 0 Å². The number of nitrogens with one attached hydrogen (secondary N) is 2. The number of amides is 1. The van der Waals surface area contributed by atoms with Crippen LogP contribution in [0.25, 0.3) is 0 Å². The topological polar surface area (TPSA) is 61.0 Å². The van der Waals surface area contributed by atoms with Gasteiger partial charge in [0, 0.05) is 25.8 Å². The molecule has 2 heterocycles. The normalized spacial score (nSPS) is 18.1. The molecule has 0 unspecified atom stereocenters. The van der Waals surface area contributed by atoms with Gasteiger partial charge in [-0.15, -0.1) is 0 Å². The minimum absolute atomic E-state index is 0.0621. The van der Waals surface area contributed by atoms with Gasteiger partial charge in [-0.2, -0.15) is 5.10 Å². The SMILES string of the molecule is CN(Cc1n[nH]c2c1CCCC2)C(=O)C1(Cc2ccccc2F)CNC1. The number of fused-ring (bicyclic) bond motifs is 1. The second-order valence-corrected chi connectivity index (χ2v) is 7.65. The van der Waals surface area contributed by atoms with Gasteiger partial charge in [-0.3, -0.25) is 9.89 Å². The molecule has 1 fully saturated rings. The molecule has 2 aliphatic rings. The number of aromatic amines is 1. The van der Waals surface area contributed by atoms with Crippen LogP contribution in [0.1, 0.15) is 35.4 Å². The van der Waals surface area contributed by atoms with Gasteiger partial charge in [0.1, 0.15) is 5.82 Å². The van der Waals surface area contributed by atoms with E-state index in [0.717, 1.165) is 18.5 Å². The summed E-state index contributed by atoms with van der Waals surface area (Å²) in [4.78, 5) is 14.9. The van der Waals surface area contributed by atoms with E-state index >= 15 is 0 Å². The van der Waals surface area contributed by atoms with Crippen molar-refractivity contribution in [1.82, 2.24) is 20.4 Å². The van der Waals surface area contributed by atoms with Gasteiger partial charge < -0.3 is 10.2 Å². The zero-order valence-electron chi connectivity index (χ0n) is 15.1. The van der Waals surface area contributed by atoms with Crippen LogP contribution < -0.4 is 5.32 Å². The van der Waals surface area contributed by atoms with Crippen LogP contribution in [0.2, 0.25) is 0 Å². The Morgan fingerprint density at radius 2 is 2.04 bits per heavy atom. The van der Waals surface area contributed by atoms with Crippen molar-refractivity contribution in [2.45, 2.75) is 38.6 Å². The number of carbonyl (C=O) groups is 1.